The molecule has 0 atom stereocenters. The molecule has 1 N–H and O–H groups in total. The van der Waals surface area contributed by atoms with E-state index in [0.717, 1.165) is 32.2 Å². The zero-order chi connectivity index (χ0) is 11.6. The molecule has 15 heavy (non-hydrogen) atoms. The van der Waals surface area contributed by atoms with E-state index in [2.05, 4.69) is 18.9 Å². The summed E-state index contributed by atoms with van der Waals surface area (Å²) in [6, 6.07) is 0. The van der Waals surface area contributed by atoms with Crippen molar-refractivity contribution >= 4 is 18.4 Å². The molecule has 0 aliphatic carbocycles. The molecule has 0 aromatic heterocycles. The van der Waals surface area contributed by atoms with Crippen LogP contribution in [0, 0.1) is 0 Å². The lowest BCUT2D eigenvalue weighted by Crippen LogP contribution is -2.15. The molecular weight excluding hydrogens is 229 g/mol. The SMILES string of the molecule is CCCCOP(=S)(NCC)OCCCC. The molecular formula is C10H24NO2PS. The summed E-state index contributed by atoms with van der Waals surface area (Å²) in [5.74, 6) is 0. The Morgan fingerprint density at radius 3 is 1.80 bits per heavy atom. The fourth-order valence-corrected chi connectivity index (χ4v) is 3.20. The Labute approximate surface area is 99.2 Å². The highest BCUT2D eigenvalue weighted by atomic mass is 32.5. The largest absolute Gasteiger partial charge is 0.318 e. The lowest BCUT2D eigenvalue weighted by atomic mass is 10.4. The van der Waals surface area contributed by atoms with Gasteiger partial charge in [0.1, 0.15) is 0 Å². The van der Waals surface area contributed by atoms with Crippen molar-refractivity contribution in [1.29, 1.82) is 0 Å². The van der Waals surface area contributed by atoms with Crippen LogP contribution in [-0.2, 0) is 20.9 Å². The topological polar surface area (TPSA) is 30.5 Å². The summed E-state index contributed by atoms with van der Waals surface area (Å²) in [5, 5.41) is 3.16. The summed E-state index contributed by atoms with van der Waals surface area (Å²) in [4.78, 5) is 0. The van der Waals surface area contributed by atoms with Crippen LogP contribution in [0.3, 0.4) is 0 Å². The van der Waals surface area contributed by atoms with Gasteiger partial charge in [-0.3, -0.25) is 0 Å². The molecule has 0 spiro atoms. The van der Waals surface area contributed by atoms with Crippen LogP contribution in [0.5, 0.6) is 0 Å². The van der Waals surface area contributed by atoms with Gasteiger partial charge < -0.3 is 9.05 Å². The van der Waals surface area contributed by atoms with Crippen LogP contribution >= 0.6 is 6.64 Å². The van der Waals surface area contributed by atoms with Gasteiger partial charge in [0.25, 0.3) is 6.64 Å². The Morgan fingerprint density at radius 1 is 1.00 bits per heavy atom. The Morgan fingerprint density at radius 2 is 1.47 bits per heavy atom. The smallest absolute Gasteiger partial charge is 0.261 e. The first-order valence-corrected chi connectivity index (χ1v) is 8.46. The lowest BCUT2D eigenvalue weighted by Gasteiger charge is -2.22. The molecule has 0 rings (SSSR count). The lowest BCUT2D eigenvalue weighted by molar-refractivity contribution is 0.234. The van der Waals surface area contributed by atoms with Crippen molar-refractivity contribution in [1.82, 2.24) is 5.09 Å². The van der Waals surface area contributed by atoms with Crippen molar-refractivity contribution in [2.45, 2.75) is 46.5 Å². The van der Waals surface area contributed by atoms with Gasteiger partial charge in [-0.25, -0.2) is 5.09 Å². The summed E-state index contributed by atoms with van der Waals surface area (Å²) >= 11 is 5.38. The van der Waals surface area contributed by atoms with Gasteiger partial charge in [0.05, 0.1) is 13.2 Å². The maximum absolute atomic E-state index is 5.65. The maximum Gasteiger partial charge on any atom is 0.261 e. The standard InChI is InChI=1S/C10H24NO2PS/c1-4-7-9-12-14(15,11-6-3)13-10-8-5-2/h4-10H2,1-3H3,(H,11,15). The van der Waals surface area contributed by atoms with Gasteiger partial charge in [-0.2, -0.15) is 0 Å². The Kier molecular flexibility index (Phi) is 10.1. The minimum Gasteiger partial charge on any atom is -0.318 e. The van der Waals surface area contributed by atoms with E-state index in [4.69, 9.17) is 20.9 Å². The van der Waals surface area contributed by atoms with E-state index in [1.165, 1.54) is 0 Å². The van der Waals surface area contributed by atoms with Crippen molar-refractivity contribution in [2.24, 2.45) is 0 Å². The number of rotatable bonds is 10. The Hall–Kier alpha value is 0.530. The highest BCUT2D eigenvalue weighted by Crippen LogP contribution is 2.44. The Bertz CT molecular complexity index is 176. The number of hydrogen-bond acceptors (Lipinski definition) is 3. The van der Waals surface area contributed by atoms with Crippen molar-refractivity contribution < 1.29 is 9.05 Å². The summed E-state index contributed by atoms with van der Waals surface area (Å²) in [6.45, 7) is 6.30. The fraction of sp³-hybridized carbons (Fsp3) is 1.00. The second-order valence-corrected chi connectivity index (χ2v) is 6.65. The van der Waals surface area contributed by atoms with Crippen LogP contribution in [0.25, 0.3) is 0 Å². The van der Waals surface area contributed by atoms with Crippen molar-refractivity contribution in [3.8, 4) is 0 Å². The van der Waals surface area contributed by atoms with Crippen molar-refractivity contribution in [2.75, 3.05) is 19.8 Å². The molecule has 0 heterocycles. The molecule has 0 saturated heterocycles. The predicted molar refractivity (Wildman–Crippen MR) is 69.7 cm³/mol. The van der Waals surface area contributed by atoms with Crippen LogP contribution < -0.4 is 5.09 Å². The average Bonchev–Trinajstić information content (AvgIpc) is 2.19. The van der Waals surface area contributed by atoms with Crippen LogP contribution in [0.2, 0.25) is 0 Å². The van der Waals surface area contributed by atoms with Crippen LogP contribution in [0.1, 0.15) is 46.5 Å². The maximum atomic E-state index is 5.65. The molecule has 0 aromatic rings. The first-order valence-electron chi connectivity index (χ1n) is 5.82. The van der Waals surface area contributed by atoms with E-state index in [-0.39, 0.29) is 0 Å². The van der Waals surface area contributed by atoms with E-state index in [0.29, 0.717) is 13.2 Å². The molecule has 0 fully saturated rings. The molecule has 0 radical (unpaired) electrons. The average molecular weight is 253 g/mol. The molecule has 3 nitrogen and oxygen atoms in total. The normalized spacial score (nSPS) is 11.9. The van der Waals surface area contributed by atoms with E-state index < -0.39 is 6.64 Å². The van der Waals surface area contributed by atoms with Gasteiger partial charge in [0.2, 0.25) is 0 Å². The van der Waals surface area contributed by atoms with Gasteiger partial charge in [-0.1, -0.05) is 33.6 Å². The second-order valence-electron chi connectivity index (χ2n) is 3.38. The third-order valence-electron chi connectivity index (χ3n) is 1.87. The van der Waals surface area contributed by atoms with Gasteiger partial charge in [-0.05, 0) is 24.6 Å². The predicted octanol–water partition coefficient (Wildman–Crippen LogP) is 3.45. The van der Waals surface area contributed by atoms with Gasteiger partial charge in [-0.15, -0.1) is 0 Å². The molecule has 0 unspecified atom stereocenters. The van der Waals surface area contributed by atoms with E-state index in [9.17, 15) is 0 Å². The van der Waals surface area contributed by atoms with Crippen LogP contribution in [-0.4, -0.2) is 19.8 Å². The van der Waals surface area contributed by atoms with E-state index in [1.807, 2.05) is 6.92 Å². The monoisotopic (exact) mass is 253 g/mol. The Balaban J connectivity index is 3.89. The number of unbranched alkanes of at least 4 members (excludes halogenated alkanes) is 2. The zero-order valence-corrected chi connectivity index (χ0v) is 11.8. The first kappa shape index (κ1) is 15.5. The molecule has 5 heteroatoms. The van der Waals surface area contributed by atoms with Gasteiger partial charge in [0, 0.05) is 6.54 Å². The van der Waals surface area contributed by atoms with Crippen molar-refractivity contribution in [3.63, 3.8) is 0 Å². The third kappa shape index (κ3) is 8.35. The zero-order valence-electron chi connectivity index (χ0n) is 10.1. The van der Waals surface area contributed by atoms with Gasteiger partial charge >= 0.3 is 0 Å². The van der Waals surface area contributed by atoms with E-state index >= 15 is 0 Å². The van der Waals surface area contributed by atoms with Crippen LogP contribution in [0.4, 0.5) is 0 Å². The quantitative estimate of drug-likeness (QED) is 0.477. The third-order valence-corrected chi connectivity index (χ3v) is 4.64. The minimum atomic E-state index is -2.20. The summed E-state index contributed by atoms with van der Waals surface area (Å²) in [5.41, 5.74) is 0. The molecule has 0 amide bonds. The molecule has 0 aromatic carbocycles. The fourth-order valence-electron chi connectivity index (χ4n) is 0.980. The highest BCUT2D eigenvalue weighted by molar-refractivity contribution is 8.08. The summed E-state index contributed by atoms with van der Waals surface area (Å²) in [6.07, 6.45) is 4.33. The molecule has 0 bridgehead atoms. The number of hydrogen-bond donors (Lipinski definition) is 1. The summed E-state index contributed by atoms with van der Waals surface area (Å²) in [7, 11) is 0. The first-order chi connectivity index (χ1) is 7.18. The minimum absolute atomic E-state index is 0.701. The highest BCUT2D eigenvalue weighted by Gasteiger charge is 2.16. The second kappa shape index (κ2) is 9.73. The molecule has 0 aliphatic heterocycles. The van der Waals surface area contributed by atoms with Crippen LogP contribution in [0.15, 0.2) is 0 Å². The number of nitrogens with one attached hydrogen (secondary N) is 1. The van der Waals surface area contributed by atoms with Gasteiger partial charge in [0.15, 0.2) is 0 Å². The van der Waals surface area contributed by atoms with Crippen molar-refractivity contribution in [3.05, 3.63) is 0 Å². The molecule has 0 saturated carbocycles. The van der Waals surface area contributed by atoms with E-state index in [1.54, 1.807) is 0 Å². The summed E-state index contributed by atoms with van der Waals surface area (Å²) < 4.78 is 11.3. The molecule has 92 valence electrons. The molecule has 0 aliphatic rings.